The van der Waals surface area contributed by atoms with Gasteiger partial charge < -0.3 is 9.47 Å². The topological polar surface area (TPSA) is 18.5 Å². The summed E-state index contributed by atoms with van der Waals surface area (Å²) in [6, 6.07) is 0. The molecule has 0 aromatic heterocycles. The maximum atomic E-state index is 6.29. The molecule has 2 bridgehead atoms. The molecule has 0 radical (unpaired) electrons. The average Bonchev–Trinajstić information content (AvgIpc) is 2.81. The van der Waals surface area contributed by atoms with E-state index in [1.165, 1.54) is 25.7 Å². The Balaban J connectivity index is 1.77. The van der Waals surface area contributed by atoms with Crippen LogP contribution in [0, 0.1) is 28.6 Å². The van der Waals surface area contributed by atoms with Gasteiger partial charge in [0.25, 0.3) is 0 Å². The lowest BCUT2D eigenvalue weighted by molar-refractivity contribution is -0.155. The molecule has 0 aromatic carbocycles. The molecular formula is C17H28O2. The first-order chi connectivity index (χ1) is 8.76. The van der Waals surface area contributed by atoms with Crippen molar-refractivity contribution in [2.45, 2.75) is 78.3 Å². The lowest BCUT2D eigenvalue weighted by atomic mass is 9.66. The van der Waals surface area contributed by atoms with Crippen LogP contribution in [0.15, 0.2) is 0 Å². The number of ether oxygens (including phenoxy) is 2. The zero-order chi connectivity index (χ0) is 13.6. The molecule has 4 aliphatic rings. The zero-order valence-corrected chi connectivity index (χ0v) is 13.0. The molecule has 0 N–H and O–H groups in total. The summed E-state index contributed by atoms with van der Waals surface area (Å²) in [7, 11) is 0. The lowest BCUT2D eigenvalue weighted by Crippen LogP contribution is -2.42. The van der Waals surface area contributed by atoms with E-state index in [4.69, 9.17) is 9.47 Å². The monoisotopic (exact) mass is 264 g/mol. The molecule has 108 valence electrons. The molecule has 4 rings (SSSR count). The molecule has 1 heterocycles. The molecule has 2 heteroatoms. The quantitative estimate of drug-likeness (QED) is 0.658. The second-order valence-electron chi connectivity index (χ2n) is 8.74. The summed E-state index contributed by atoms with van der Waals surface area (Å²) in [5, 5.41) is 0. The van der Waals surface area contributed by atoms with Crippen LogP contribution >= 0.6 is 0 Å². The molecule has 1 saturated heterocycles. The summed E-state index contributed by atoms with van der Waals surface area (Å²) in [4.78, 5) is 0. The molecule has 2 unspecified atom stereocenters. The largest absolute Gasteiger partial charge is 0.345 e. The Morgan fingerprint density at radius 3 is 2.42 bits per heavy atom. The van der Waals surface area contributed by atoms with Gasteiger partial charge in [-0.25, -0.2) is 0 Å². The van der Waals surface area contributed by atoms with Gasteiger partial charge in [-0.2, -0.15) is 0 Å². The maximum absolute atomic E-state index is 6.29. The van der Waals surface area contributed by atoms with Crippen LogP contribution in [-0.2, 0) is 9.47 Å². The summed E-state index contributed by atoms with van der Waals surface area (Å²) >= 11 is 0. The SMILES string of the molecule is C[C@@H]1CC[C@H]2C(C)(C)[C@H]3C[C@@]12CC1OC(C)(C)OC13. The van der Waals surface area contributed by atoms with E-state index in [-0.39, 0.29) is 5.79 Å². The summed E-state index contributed by atoms with van der Waals surface area (Å²) in [6.45, 7) is 11.6. The van der Waals surface area contributed by atoms with Crippen molar-refractivity contribution in [2.24, 2.45) is 28.6 Å². The van der Waals surface area contributed by atoms with Crippen LogP contribution in [0.4, 0.5) is 0 Å². The third-order valence-corrected chi connectivity index (χ3v) is 7.22. The molecule has 0 aromatic rings. The average molecular weight is 264 g/mol. The molecule has 19 heavy (non-hydrogen) atoms. The third-order valence-electron chi connectivity index (χ3n) is 7.22. The predicted octanol–water partition coefficient (Wildman–Crippen LogP) is 3.99. The van der Waals surface area contributed by atoms with Gasteiger partial charge in [0, 0.05) is 0 Å². The number of hydrogen-bond acceptors (Lipinski definition) is 2. The van der Waals surface area contributed by atoms with Crippen molar-refractivity contribution >= 4 is 0 Å². The van der Waals surface area contributed by atoms with Gasteiger partial charge in [0.2, 0.25) is 0 Å². The van der Waals surface area contributed by atoms with Gasteiger partial charge in [0.15, 0.2) is 5.79 Å². The van der Waals surface area contributed by atoms with Gasteiger partial charge in [-0.05, 0) is 68.1 Å². The van der Waals surface area contributed by atoms with Crippen LogP contribution in [0.2, 0.25) is 0 Å². The Morgan fingerprint density at radius 2 is 1.68 bits per heavy atom. The fourth-order valence-electron chi connectivity index (χ4n) is 6.43. The Kier molecular flexibility index (Phi) is 2.25. The third kappa shape index (κ3) is 1.40. The number of fused-ring (bicyclic) bond motifs is 3. The number of hydrogen-bond donors (Lipinski definition) is 0. The first-order valence-corrected chi connectivity index (χ1v) is 8.12. The van der Waals surface area contributed by atoms with Crippen LogP contribution in [0.25, 0.3) is 0 Å². The van der Waals surface area contributed by atoms with Crippen molar-refractivity contribution in [2.75, 3.05) is 0 Å². The van der Waals surface area contributed by atoms with Crippen LogP contribution in [0.5, 0.6) is 0 Å². The smallest absolute Gasteiger partial charge is 0.163 e. The maximum Gasteiger partial charge on any atom is 0.163 e. The van der Waals surface area contributed by atoms with Gasteiger partial charge in [0.1, 0.15) is 0 Å². The standard InChI is InChI=1S/C17H28O2/c1-10-6-7-13-15(2,3)11-8-17(10,13)9-12-14(11)19-16(4,5)18-12/h10-14H,6-9H2,1-5H3/t10-,11+,12?,13+,14?,17-/m1/s1. The van der Waals surface area contributed by atoms with Crippen LogP contribution in [0.3, 0.4) is 0 Å². The molecule has 1 aliphatic heterocycles. The van der Waals surface area contributed by atoms with Gasteiger partial charge in [-0.1, -0.05) is 20.8 Å². The van der Waals surface area contributed by atoms with E-state index in [2.05, 4.69) is 34.6 Å². The van der Waals surface area contributed by atoms with E-state index < -0.39 is 0 Å². The van der Waals surface area contributed by atoms with Crippen molar-refractivity contribution in [3.05, 3.63) is 0 Å². The highest BCUT2D eigenvalue weighted by atomic mass is 16.8. The van der Waals surface area contributed by atoms with E-state index in [1.54, 1.807) is 0 Å². The second-order valence-corrected chi connectivity index (χ2v) is 8.74. The van der Waals surface area contributed by atoms with Gasteiger partial charge in [-0.3, -0.25) is 0 Å². The zero-order valence-electron chi connectivity index (χ0n) is 13.0. The van der Waals surface area contributed by atoms with E-state index in [1.807, 2.05) is 0 Å². The minimum Gasteiger partial charge on any atom is -0.345 e. The molecule has 3 saturated carbocycles. The lowest BCUT2D eigenvalue weighted by Gasteiger charge is -2.41. The van der Waals surface area contributed by atoms with Crippen LogP contribution < -0.4 is 0 Å². The van der Waals surface area contributed by atoms with Gasteiger partial charge >= 0.3 is 0 Å². The van der Waals surface area contributed by atoms with Gasteiger partial charge in [0.05, 0.1) is 12.2 Å². The molecule has 2 nitrogen and oxygen atoms in total. The van der Waals surface area contributed by atoms with Crippen molar-refractivity contribution in [3.8, 4) is 0 Å². The van der Waals surface area contributed by atoms with Crippen LogP contribution in [0.1, 0.15) is 60.3 Å². The van der Waals surface area contributed by atoms with E-state index in [0.717, 1.165) is 11.8 Å². The van der Waals surface area contributed by atoms with E-state index in [0.29, 0.717) is 29.0 Å². The Labute approximate surface area is 117 Å². The second kappa shape index (κ2) is 3.39. The van der Waals surface area contributed by atoms with Crippen molar-refractivity contribution < 1.29 is 9.47 Å². The molecule has 6 atom stereocenters. The first-order valence-electron chi connectivity index (χ1n) is 8.12. The first kappa shape index (κ1) is 12.6. The van der Waals surface area contributed by atoms with E-state index in [9.17, 15) is 0 Å². The highest BCUT2D eigenvalue weighted by Gasteiger charge is 2.69. The minimum atomic E-state index is -0.371. The van der Waals surface area contributed by atoms with Crippen molar-refractivity contribution in [1.29, 1.82) is 0 Å². The highest BCUT2D eigenvalue weighted by Crippen LogP contribution is 2.72. The fourth-order valence-corrected chi connectivity index (χ4v) is 6.43. The summed E-state index contributed by atoms with van der Waals surface area (Å²) < 4.78 is 12.5. The van der Waals surface area contributed by atoms with E-state index >= 15 is 0 Å². The normalized spacial score (nSPS) is 57.0. The predicted molar refractivity (Wildman–Crippen MR) is 74.7 cm³/mol. The summed E-state index contributed by atoms with van der Waals surface area (Å²) in [5.74, 6) is 2.08. The van der Waals surface area contributed by atoms with Crippen molar-refractivity contribution in [3.63, 3.8) is 0 Å². The Hall–Kier alpha value is -0.0800. The Morgan fingerprint density at radius 1 is 0.947 bits per heavy atom. The molecule has 1 spiro atoms. The van der Waals surface area contributed by atoms with Crippen molar-refractivity contribution in [1.82, 2.24) is 0 Å². The number of rotatable bonds is 0. The Bertz CT molecular complexity index is 413. The molecule has 4 fully saturated rings. The molecule has 3 aliphatic carbocycles. The minimum absolute atomic E-state index is 0.341. The highest BCUT2D eigenvalue weighted by molar-refractivity contribution is 5.17. The molecular weight excluding hydrogens is 236 g/mol. The molecule has 0 amide bonds. The fraction of sp³-hybridized carbons (Fsp3) is 1.00. The van der Waals surface area contributed by atoms with Crippen LogP contribution in [-0.4, -0.2) is 18.0 Å². The summed E-state index contributed by atoms with van der Waals surface area (Å²) in [6.07, 6.45) is 6.15. The summed E-state index contributed by atoms with van der Waals surface area (Å²) in [5.41, 5.74) is 0.979. The van der Waals surface area contributed by atoms with Gasteiger partial charge in [-0.15, -0.1) is 0 Å².